The third kappa shape index (κ3) is 3.07. The lowest BCUT2D eigenvalue weighted by atomic mass is 10.1. The fourth-order valence-electron chi connectivity index (χ4n) is 2.25. The molecule has 0 spiro atoms. The molecule has 0 aliphatic heterocycles. The van der Waals surface area contributed by atoms with E-state index in [0.717, 1.165) is 12.8 Å². The number of carbonyl (C=O) groups excluding carboxylic acids is 1. The number of rotatable bonds is 5. The normalized spacial score (nSPS) is 10.6. The number of aromatic nitrogens is 1. The van der Waals surface area contributed by atoms with Gasteiger partial charge in [-0.05, 0) is 12.0 Å². The van der Waals surface area contributed by atoms with E-state index in [0.29, 0.717) is 23.4 Å². The summed E-state index contributed by atoms with van der Waals surface area (Å²) in [5.41, 5.74) is 0.825. The second-order valence-electron chi connectivity index (χ2n) is 5.05. The Morgan fingerprint density at radius 2 is 1.95 bits per heavy atom. The van der Waals surface area contributed by atoms with Crippen LogP contribution in [0.3, 0.4) is 0 Å². The van der Waals surface area contributed by atoms with Gasteiger partial charge in [-0.25, -0.2) is 9.53 Å². The molecule has 1 amide bonds. The van der Waals surface area contributed by atoms with Crippen LogP contribution in [0.25, 0.3) is 11.1 Å². The standard InChI is InChI=1S/C16H20N2O3/c1-4-5-11-17(2)15(19)14-13(16(20)21-18(14)3)12-9-7-6-8-10-12/h6-10H,4-5,11H2,1-3H3. The van der Waals surface area contributed by atoms with Crippen LogP contribution in [0.15, 0.2) is 39.6 Å². The smallest absolute Gasteiger partial charge is 0.340 e. The van der Waals surface area contributed by atoms with E-state index < -0.39 is 5.63 Å². The quantitative estimate of drug-likeness (QED) is 0.849. The summed E-state index contributed by atoms with van der Waals surface area (Å²) in [6, 6.07) is 9.13. The van der Waals surface area contributed by atoms with Gasteiger partial charge in [0.25, 0.3) is 5.91 Å². The highest BCUT2D eigenvalue weighted by atomic mass is 16.5. The molecule has 2 rings (SSSR count). The summed E-state index contributed by atoms with van der Waals surface area (Å²) < 4.78 is 6.35. The van der Waals surface area contributed by atoms with Crippen molar-refractivity contribution in [2.45, 2.75) is 19.8 Å². The Hall–Kier alpha value is -2.30. The van der Waals surface area contributed by atoms with E-state index in [4.69, 9.17) is 4.52 Å². The molecular formula is C16H20N2O3. The first kappa shape index (κ1) is 15.1. The van der Waals surface area contributed by atoms with Crippen molar-refractivity contribution < 1.29 is 9.32 Å². The summed E-state index contributed by atoms with van der Waals surface area (Å²) in [7, 11) is 3.32. The highest BCUT2D eigenvalue weighted by Gasteiger charge is 2.25. The minimum absolute atomic E-state index is 0.198. The maximum atomic E-state index is 12.6. The minimum atomic E-state index is -0.490. The number of aryl methyl sites for hydroxylation is 1. The van der Waals surface area contributed by atoms with Crippen LogP contribution < -0.4 is 5.63 Å². The highest BCUT2D eigenvalue weighted by molar-refractivity contribution is 5.98. The van der Waals surface area contributed by atoms with Crippen molar-refractivity contribution in [1.29, 1.82) is 0 Å². The molecule has 0 radical (unpaired) electrons. The Bertz CT molecular complexity index is 671. The van der Waals surface area contributed by atoms with E-state index in [-0.39, 0.29) is 5.91 Å². The lowest BCUT2D eigenvalue weighted by Crippen LogP contribution is -2.29. The molecule has 1 aromatic carbocycles. The van der Waals surface area contributed by atoms with Gasteiger partial charge in [-0.2, -0.15) is 0 Å². The molecule has 0 saturated carbocycles. The first-order valence-corrected chi connectivity index (χ1v) is 7.07. The Labute approximate surface area is 123 Å². The molecular weight excluding hydrogens is 268 g/mol. The predicted octanol–water partition coefficient (Wildman–Crippen LogP) is 2.52. The van der Waals surface area contributed by atoms with E-state index in [1.165, 1.54) is 4.74 Å². The molecule has 0 N–H and O–H groups in total. The minimum Gasteiger partial charge on any atom is -0.340 e. The Morgan fingerprint density at radius 1 is 1.29 bits per heavy atom. The first-order valence-electron chi connectivity index (χ1n) is 7.07. The largest absolute Gasteiger partial charge is 0.366 e. The second kappa shape index (κ2) is 6.43. The van der Waals surface area contributed by atoms with Crippen LogP contribution in [-0.4, -0.2) is 29.1 Å². The molecule has 1 aromatic heterocycles. The van der Waals surface area contributed by atoms with E-state index in [2.05, 4.69) is 6.92 Å². The van der Waals surface area contributed by atoms with Gasteiger partial charge in [0.2, 0.25) is 0 Å². The second-order valence-corrected chi connectivity index (χ2v) is 5.05. The summed E-state index contributed by atoms with van der Waals surface area (Å²) in [6.07, 6.45) is 1.93. The molecule has 0 unspecified atom stereocenters. The van der Waals surface area contributed by atoms with E-state index in [9.17, 15) is 9.59 Å². The molecule has 0 bridgehead atoms. The van der Waals surface area contributed by atoms with Gasteiger partial charge in [0.15, 0.2) is 5.69 Å². The molecule has 0 atom stereocenters. The molecule has 0 aliphatic carbocycles. The molecule has 5 nitrogen and oxygen atoms in total. The number of unbranched alkanes of at least 4 members (excludes halogenated alkanes) is 1. The fraction of sp³-hybridized carbons (Fsp3) is 0.375. The van der Waals surface area contributed by atoms with Gasteiger partial charge in [0.1, 0.15) is 5.56 Å². The van der Waals surface area contributed by atoms with Crippen LogP contribution in [0.2, 0.25) is 0 Å². The van der Waals surface area contributed by atoms with Crippen LogP contribution in [0, 0.1) is 0 Å². The lowest BCUT2D eigenvalue weighted by Gasteiger charge is -2.17. The SMILES string of the molecule is CCCCN(C)C(=O)c1c(-c2ccccc2)c(=O)on1C. The van der Waals surface area contributed by atoms with Gasteiger partial charge in [-0.15, -0.1) is 0 Å². The van der Waals surface area contributed by atoms with Crippen molar-refractivity contribution in [2.75, 3.05) is 13.6 Å². The van der Waals surface area contributed by atoms with Gasteiger partial charge in [-0.3, -0.25) is 4.79 Å². The van der Waals surface area contributed by atoms with Gasteiger partial charge in [0.05, 0.1) is 0 Å². The Kier molecular flexibility index (Phi) is 4.62. The van der Waals surface area contributed by atoms with Crippen LogP contribution in [-0.2, 0) is 7.05 Å². The molecule has 112 valence electrons. The molecule has 21 heavy (non-hydrogen) atoms. The summed E-state index contributed by atoms with van der Waals surface area (Å²) in [5.74, 6) is -0.198. The number of carbonyl (C=O) groups is 1. The topological polar surface area (TPSA) is 55.5 Å². The monoisotopic (exact) mass is 288 g/mol. The summed E-state index contributed by atoms with van der Waals surface area (Å²) in [4.78, 5) is 26.3. The zero-order valence-electron chi connectivity index (χ0n) is 12.6. The number of hydrogen-bond acceptors (Lipinski definition) is 3. The lowest BCUT2D eigenvalue weighted by molar-refractivity contribution is 0.0771. The average Bonchev–Trinajstić information content (AvgIpc) is 2.79. The average molecular weight is 288 g/mol. The molecule has 5 heteroatoms. The summed E-state index contributed by atoms with van der Waals surface area (Å²) >= 11 is 0. The van der Waals surface area contributed by atoms with Crippen molar-refractivity contribution >= 4 is 5.91 Å². The molecule has 1 heterocycles. The first-order chi connectivity index (χ1) is 10.1. The van der Waals surface area contributed by atoms with Crippen molar-refractivity contribution in [3.8, 4) is 11.1 Å². The van der Waals surface area contributed by atoms with E-state index in [1.807, 2.05) is 18.2 Å². The van der Waals surface area contributed by atoms with Crippen molar-refractivity contribution in [3.05, 3.63) is 46.4 Å². The van der Waals surface area contributed by atoms with Crippen LogP contribution >= 0.6 is 0 Å². The van der Waals surface area contributed by atoms with Crippen molar-refractivity contribution in [1.82, 2.24) is 9.64 Å². The van der Waals surface area contributed by atoms with Crippen molar-refractivity contribution in [2.24, 2.45) is 7.05 Å². The summed E-state index contributed by atoms with van der Waals surface area (Å²) in [5, 5.41) is 0. The maximum Gasteiger partial charge on any atom is 0.366 e. The third-order valence-corrected chi connectivity index (χ3v) is 3.43. The van der Waals surface area contributed by atoms with E-state index in [1.54, 1.807) is 31.1 Å². The van der Waals surface area contributed by atoms with Crippen molar-refractivity contribution in [3.63, 3.8) is 0 Å². The number of benzene rings is 1. The third-order valence-electron chi connectivity index (χ3n) is 3.43. The van der Waals surface area contributed by atoms with Crippen LogP contribution in [0.4, 0.5) is 0 Å². The number of nitrogens with zero attached hydrogens (tertiary/aromatic N) is 2. The van der Waals surface area contributed by atoms with Gasteiger partial charge < -0.3 is 9.42 Å². The Morgan fingerprint density at radius 3 is 2.57 bits per heavy atom. The van der Waals surface area contributed by atoms with Gasteiger partial charge >= 0.3 is 5.63 Å². The highest BCUT2D eigenvalue weighted by Crippen LogP contribution is 2.21. The molecule has 0 fully saturated rings. The van der Waals surface area contributed by atoms with Gasteiger partial charge in [-0.1, -0.05) is 43.7 Å². The zero-order chi connectivity index (χ0) is 15.4. The van der Waals surface area contributed by atoms with Crippen LogP contribution in [0.5, 0.6) is 0 Å². The van der Waals surface area contributed by atoms with Gasteiger partial charge in [0, 0.05) is 20.6 Å². The molecule has 2 aromatic rings. The Balaban J connectivity index is 2.45. The summed E-state index contributed by atoms with van der Waals surface area (Å²) in [6.45, 7) is 2.73. The number of amides is 1. The maximum absolute atomic E-state index is 12.6. The van der Waals surface area contributed by atoms with Crippen LogP contribution in [0.1, 0.15) is 30.3 Å². The number of hydrogen-bond donors (Lipinski definition) is 0. The molecule has 0 saturated heterocycles. The predicted molar refractivity (Wildman–Crippen MR) is 81.3 cm³/mol. The molecule has 0 aliphatic rings. The fourth-order valence-corrected chi connectivity index (χ4v) is 2.25. The zero-order valence-corrected chi connectivity index (χ0v) is 12.6. The van der Waals surface area contributed by atoms with E-state index >= 15 is 0 Å².